The van der Waals surface area contributed by atoms with Gasteiger partial charge in [-0.25, -0.2) is 13.4 Å². The lowest BCUT2D eigenvalue weighted by Gasteiger charge is -2.09. The van der Waals surface area contributed by atoms with E-state index in [-0.39, 0.29) is 11.0 Å². The quantitative estimate of drug-likeness (QED) is 0.639. The number of anilines is 1. The van der Waals surface area contributed by atoms with Crippen LogP contribution in [0.1, 0.15) is 30.3 Å². The molecule has 0 spiro atoms. The van der Waals surface area contributed by atoms with Gasteiger partial charge in [-0.3, -0.25) is 4.72 Å². The molecule has 1 unspecified atom stereocenters. The maximum absolute atomic E-state index is 12.6. The molecule has 1 aliphatic rings. The van der Waals surface area contributed by atoms with Gasteiger partial charge in [0.25, 0.3) is 10.0 Å². The van der Waals surface area contributed by atoms with Crippen LogP contribution < -0.4 is 4.72 Å². The number of imidazole rings is 1. The number of rotatable bonds is 4. The normalized spacial score (nSPS) is 17.7. The van der Waals surface area contributed by atoms with Gasteiger partial charge in [-0.05, 0) is 61.7 Å². The van der Waals surface area contributed by atoms with Gasteiger partial charge in [0, 0.05) is 11.1 Å². The maximum atomic E-state index is 12.6. The van der Waals surface area contributed by atoms with Gasteiger partial charge < -0.3 is 9.72 Å². The van der Waals surface area contributed by atoms with Gasteiger partial charge in [0.15, 0.2) is 0 Å². The molecule has 6 nitrogen and oxygen atoms in total. The Labute approximate surface area is 160 Å². The van der Waals surface area contributed by atoms with Crippen molar-refractivity contribution in [3.05, 3.63) is 52.3 Å². The van der Waals surface area contributed by atoms with Crippen molar-refractivity contribution in [1.82, 2.24) is 9.97 Å². The zero-order chi connectivity index (χ0) is 18.3. The van der Waals surface area contributed by atoms with Crippen LogP contribution in [0.3, 0.4) is 0 Å². The Morgan fingerprint density at radius 1 is 1.27 bits per heavy atom. The number of nitrogens with zero attached hydrogens (tertiary/aromatic N) is 1. The summed E-state index contributed by atoms with van der Waals surface area (Å²) in [4.78, 5) is 8.02. The largest absolute Gasteiger partial charge is 0.370 e. The number of hydrogen-bond acceptors (Lipinski definition) is 4. The highest BCUT2D eigenvalue weighted by atomic mass is 79.9. The minimum atomic E-state index is -3.66. The number of nitrogens with one attached hydrogen (secondary N) is 2. The Morgan fingerprint density at radius 3 is 2.85 bits per heavy atom. The summed E-state index contributed by atoms with van der Waals surface area (Å²) in [7, 11) is -3.66. The average molecular weight is 436 g/mol. The molecule has 2 heterocycles. The van der Waals surface area contributed by atoms with Crippen molar-refractivity contribution >= 4 is 42.7 Å². The highest BCUT2D eigenvalue weighted by Crippen LogP contribution is 2.29. The van der Waals surface area contributed by atoms with Crippen LogP contribution in [0.15, 0.2) is 45.8 Å². The molecule has 3 aromatic rings. The van der Waals surface area contributed by atoms with E-state index < -0.39 is 10.0 Å². The molecule has 2 aromatic carbocycles. The molecule has 0 saturated carbocycles. The fourth-order valence-corrected chi connectivity index (χ4v) is 4.42. The number of hydrogen-bond donors (Lipinski definition) is 2. The monoisotopic (exact) mass is 435 g/mol. The Bertz CT molecular complexity index is 1070. The van der Waals surface area contributed by atoms with E-state index >= 15 is 0 Å². The van der Waals surface area contributed by atoms with Gasteiger partial charge in [0.1, 0.15) is 11.9 Å². The van der Waals surface area contributed by atoms with Crippen molar-refractivity contribution in [3.63, 3.8) is 0 Å². The van der Waals surface area contributed by atoms with E-state index in [9.17, 15) is 8.42 Å². The number of halogens is 1. The molecule has 136 valence electrons. The summed E-state index contributed by atoms with van der Waals surface area (Å²) in [6.07, 6.45) is 1.97. The summed E-state index contributed by atoms with van der Waals surface area (Å²) in [6.45, 7) is 2.60. The summed E-state index contributed by atoms with van der Waals surface area (Å²) < 4.78 is 34.4. The summed E-state index contributed by atoms with van der Waals surface area (Å²) in [5.41, 5.74) is 2.92. The van der Waals surface area contributed by atoms with Crippen molar-refractivity contribution in [1.29, 1.82) is 0 Å². The molecule has 1 atom stereocenters. The van der Waals surface area contributed by atoms with E-state index in [0.717, 1.165) is 46.3 Å². The van der Waals surface area contributed by atoms with Crippen molar-refractivity contribution in [2.24, 2.45) is 0 Å². The third-order valence-electron chi connectivity index (χ3n) is 4.43. The molecule has 1 saturated heterocycles. The zero-order valence-electron chi connectivity index (χ0n) is 14.1. The minimum Gasteiger partial charge on any atom is -0.370 e. The molecule has 2 N–H and O–H groups in total. The van der Waals surface area contributed by atoms with Crippen LogP contribution in [0.5, 0.6) is 0 Å². The van der Waals surface area contributed by atoms with Crippen LogP contribution in [0.4, 0.5) is 5.69 Å². The van der Waals surface area contributed by atoms with E-state index in [1.165, 1.54) is 0 Å². The predicted molar refractivity (Wildman–Crippen MR) is 104 cm³/mol. The fourth-order valence-electron chi connectivity index (χ4n) is 3.04. The standard InChI is InChI=1S/C18H18BrN3O3S/c1-11-9-13(5-6-14(11)19)26(23,24)22-12-4-7-15-16(10-12)21-18(20-15)17-3-2-8-25-17/h4-7,9-10,17,22H,2-3,8H2,1H3,(H,20,21). The van der Waals surface area contributed by atoms with E-state index in [2.05, 4.69) is 30.6 Å². The first-order valence-corrected chi connectivity index (χ1v) is 10.6. The van der Waals surface area contributed by atoms with Crippen LogP contribution in [0, 0.1) is 6.92 Å². The van der Waals surface area contributed by atoms with E-state index in [1.54, 1.807) is 36.4 Å². The Hall–Kier alpha value is -1.90. The summed E-state index contributed by atoms with van der Waals surface area (Å²) in [5.74, 6) is 0.793. The van der Waals surface area contributed by atoms with Crippen LogP contribution in [0.25, 0.3) is 11.0 Å². The molecule has 1 aromatic heterocycles. The minimum absolute atomic E-state index is 0.00622. The first kappa shape index (κ1) is 17.5. The molecule has 1 fully saturated rings. The molecule has 0 bridgehead atoms. The number of fused-ring (bicyclic) bond motifs is 1. The third kappa shape index (κ3) is 3.36. The molecule has 8 heteroatoms. The van der Waals surface area contributed by atoms with Gasteiger partial charge in [-0.2, -0.15) is 0 Å². The Morgan fingerprint density at radius 2 is 2.12 bits per heavy atom. The lowest BCUT2D eigenvalue weighted by molar-refractivity contribution is 0.106. The van der Waals surface area contributed by atoms with Gasteiger partial charge >= 0.3 is 0 Å². The molecule has 0 aliphatic carbocycles. The van der Waals surface area contributed by atoms with Crippen LogP contribution in [-0.4, -0.2) is 25.0 Å². The molecule has 1 aliphatic heterocycles. The van der Waals surface area contributed by atoms with E-state index in [1.807, 2.05) is 6.92 Å². The number of H-pyrrole nitrogens is 1. The Balaban J connectivity index is 1.62. The number of aromatic nitrogens is 2. The van der Waals surface area contributed by atoms with Gasteiger partial charge in [0.2, 0.25) is 0 Å². The van der Waals surface area contributed by atoms with Crippen molar-refractivity contribution in [2.45, 2.75) is 30.8 Å². The molecule has 4 rings (SSSR count). The highest BCUT2D eigenvalue weighted by Gasteiger charge is 2.21. The zero-order valence-corrected chi connectivity index (χ0v) is 16.5. The third-order valence-corrected chi connectivity index (χ3v) is 6.70. The summed E-state index contributed by atoms with van der Waals surface area (Å²) >= 11 is 3.38. The number of aromatic amines is 1. The SMILES string of the molecule is Cc1cc(S(=O)(=O)Nc2ccc3nc(C4CCCO4)[nH]c3c2)ccc1Br. The number of aryl methyl sites for hydroxylation is 1. The molecule has 0 radical (unpaired) electrons. The fraction of sp³-hybridized carbons (Fsp3) is 0.278. The van der Waals surface area contributed by atoms with Gasteiger partial charge in [-0.15, -0.1) is 0 Å². The van der Waals surface area contributed by atoms with Crippen LogP contribution in [-0.2, 0) is 14.8 Å². The first-order valence-electron chi connectivity index (χ1n) is 8.33. The van der Waals surface area contributed by atoms with Gasteiger partial charge in [0.05, 0.1) is 21.6 Å². The Kier molecular flexibility index (Phi) is 4.50. The van der Waals surface area contributed by atoms with Crippen molar-refractivity contribution < 1.29 is 13.2 Å². The molecular weight excluding hydrogens is 418 g/mol. The lowest BCUT2D eigenvalue weighted by atomic mass is 10.2. The number of benzene rings is 2. The van der Waals surface area contributed by atoms with E-state index in [4.69, 9.17) is 4.74 Å². The average Bonchev–Trinajstić information content (AvgIpc) is 3.25. The van der Waals surface area contributed by atoms with Crippen molar-refractivity contribution in [3.8, 4) is 0 Å². The molecule has 0 amide bonds. The summed E-state index contributed by atoms with van der Waals surface area (Å²) in [6, 6.07) is 10.2. The van der Waals surface area contributed by atoms with Gasteiger partial charge in [-0.1, -0.05) is 15.9 Å². The summed E-state index contributed by atoms with van der Waals surface area (Å²) in [5, 5.41) is 0. The topological polar surface area (TPSA) is 84.1 Å². The number of ether oxygens (including phenoxy) is 1. The van der Waals surface area contributed by atoms with Crippen LogP contribution in [0.2, 0.25) is 0 Å². The maximum Gasteiger partial charge on any atom is 0.261 e. The highest BCUT2D eigenvalue weighted by molar-refractivity contribution is 9.10. The second kappa shape index (κ2) is 6.68. The molecule has 26 heavy (non-hydrogen) atoms. The molecular formula is C18H18BrN3O3S. The first-order chi connectivity index (χ1) is 12.4. The number of sulfonamides is 1. The van der Waals surface area contributed by atoms with Crippen LogP contribution >= 0.6 is 15.9 Å². The second-order valence-electron chi connectivity index (χ2n) is 6.37. The lowest BCUT2D eigenvalue weighted by Crippen LogP contribution is -2.13. The van der Waals surface area contributed by atoms with Crippen molar-refractivity contribution in [2.75, 3.05) is 11.3 Å². The smallest absolute Gasteiger partial charge is 0.261 e. The second-order valence-corrected chi connectivity index (χ2v) is 8.91. The predicted octanol–water partition coefficient (Wildman–Crippen LogP) is 4.29. The van der Waals surface area contributed by atoms with E-state index in [0.29, 0.717) is 5.69 Å².